The summed E-state index contributed by atoms with van der Waals surface area (Å²) in [7, 11) is 0. The zero-order valence-electron chi connectivity index (χ0n) is 14.9. The molecule has 1 aromatic carbocycles. The summed E-state index contributed by atoms with van der Waals surface area (Å²) in [5, 5.41) is 7.65. The maximum atomic E-state index is 13.1. The number of benzene rings is 1. The molecule has 1 spiro atoms. The van der Waals surface area contributed by atoms with E-state index >= 15 is 0 Å². The zero-order chi connectivity index (χ0) is 18.9. The lowest BCUT2D eigenvalue weighted by Crippen LogP contribution is -2.47. The van der Waals surface area contributed by atoms with Crippen molar-refractivity contribution in [3.8, 4) is 0 Å². The molecule has 6 nitrogen and oxygen atoms in total. The molecule has 0 saturated carbocycles. The molecule has 2 aromatic rings. The predicted molar refractivity (Wildman–Crippen MR) is 102 cm³/mol. The molecule has 1 aliphatic carbocycles. The minimum atomic E-state index is -1.02. The van der Waals surface area contributed by atoms with Crippen molar-refractivity contribution in [1.29, 1.82) is 0 Å². The van der Waals surface area contributed by atoms with E-state index in [1.165, 1.54) is 4.88 Å². The van der Waals surface area contributed by atoms with Crippen LogP contribution in [0, 0.1) is 0 Å². The molecule has 1 fully saturated rings. The van der Waals surface area contributed by atoms with Crippen LogP contribution in [0.4, 0.5) is 4.79 Å². The quantitative estimate of drug-likeness (QED) is 0.777. The third-order valence-electron chi connectivity index (χ3n) is 5.23. The number of rotatable bonds is 5. The molecule has 140 valence electrons. The van der Waals surface area contributed by atoms with Crippen LogP contribution in [-0.2, 0) is 28.0 Å². The smallest absolute Gasteiger partial charge is 0.325 e. The Morgan fingerprint density at radius 3 is 2.89 bits per heavy atom. The monoisotopic (exact) mass is 383 g/mol. The Morgan fingerprint density at radius 2 is 2.07 bits per heavy atom. The van der Waals surface area contributed by atoms with Gasteiger partial charge in [0.15, 0.2) is 0 Å². The standard InChI is InChI=1S/C20H21N3O3S/c24-17(21-11-9-15-7-4-12-27-15)13-23-18(25)20(22-19(23)26)10-3-6-14-5-1-2-8-16(14)20/h1-2,4-5,7-8,12H,3,6,9-11,13H2,(H,21,24)(H,22,26). The van der Waals surface area contributed by atoms with Crippen LogP contribution in [0.5, 0.6) is 0 Å². The van der Waals surface area contributed by atoms with Gasteiger partial charge >= 0.3 is 6.03 Å². The summed E-state index contributed by atoms with van der Waals surface area (Å²) >= 11 is 1.64. The van der Waals surface area contributed by atoms with Crippen molar-refractivity contribution >= 4 is 29.2 Å². The highest BCUT2D eigenvalue weighted by atomic mass is 32.1. The van der Waals surface area contributed by atoms with Gasteiger partial charge in [-0.05, 0) is 48.3 Å². The van der Waals surface area contributed by atoms with Crippen molar-refractivity contribution in [2.45, 2.75) is 31.2 Å². The second-order valence-corrected chi connectivity index (χ2v) is 7.95. The molecule has 2 N–H and O–H groups in total. The van der Waals surface area contributed by atoms with E-state index in [-0.39, 0.29) is 18.4 Å². The van der Waals surface area contributed by atoms with Crippen LogP contribution < -0.4 is 10.6 Å². The molecule has 0 radical (unpaired) electrons. The molecule has 2 heterocycles. The Labute approximate surface area is 161 Å². The van der Waals surface area contributed by atoms with E-state index in [2.05, 4.69) is 10.6 Å². The van der Waals surface area contributed by atoms with Gasteiger partial charge < -0.3 is 10.6 Å². The Kier molecular flexibility index (Phi) is 4.70. The number of fused-ring (bicyclic) bond motifs is 2. The molecule has 1 aromatic heterocycles. The molecule has 1 saturated heterocycles. The lowest BCUT2D eigenvalue weighted by molar-refractivity contribution is -0.135. The second kappa shape index (κ2) is 7.15. The van der Waals surface area contributed by atoms with Gasteiger partial charge in [-0.2, -0.15) is 0 Å². The maximum Gasteiger partial charge on any atom is 0.325 e. The lowest BCUT2D eigenvalue weighted by atomic mass is 9.76. The van der Waals surface area contributed by atoms with E-state index in [9.17, 15) is 14.4 Å². The van der Waals surface area contributed by atoms with Crippen LogP contribution in [0.25, 0.3) is 0 Å². The summed E-state index contributed by atoms with van der Waals surface area (Å²) < 4.78 is 0. The molecule has 4 rings (SSSR count). The Balaban J connectivity index is 1.44. The van der Waals surface area contributed by atoms with E-state index in [4.69, 9.17) is 0 Å². The fourth-order valence-electron chi connectivity index (χ4n) is 3.93. The number of hydrogen-bond donors (Lipinski definition) is 2. The van der Waals surface area contributed by atoms with Crippen LogP contribution in [0.1, 0.15) is 28.8 Å². The predicted octanol–water partition coefficient (Wildman–Crippen LogP) is 2.19. The number of nitrogens with one attached hydrogen (secondary N) is 2. The number of urea groups is 1. The van der Waals surface area contributed by atoms with Crippen molar-refractivity contribution in [1.82, 2.24) is 15.5 Å². The van der Waals surface area contributed by atoms with Gasteiger partial charge in [-0.15, -0.1) is 11.3 Å². The summed E-state index contributed by atoms with van der Waals surface area (Å²) in [4.78, 5) is 40.1. The number of thiophene rings is 1. The van der Waals surface area contributed by atoms with Crippen LogP contribution >= 0.6 is 11.3 Å². The highest BCUT2D eigenvalue weighted by molar-refractivity contribution is 7.09. The highest BCUT2D eigenvalue weighted by Gasteiger charge is 2.54. The number of carbonyl (C=O) groups excluding carboxylic acids is 3. The molecule has 1 unspecified atom stereocenters. The first-order valence-corrected chi connectivity index (χ1v) is 10.00. The summed E-state index contributed by atoms with van der Waals surface area (Å²) in [6, 6.07) is 11.2. The normalized spacial score (nSPS) is 21.3. The molecular weight excluding hydrogens is 362 g/mol. The zero-order valence-corrected chi connectivity index (χ0v) is 15.7. The van der Waals surface area contributed by atoms with Crippen molar-refractivity contribution in [2.24, 2.45) is 0 Å². The third kappa shape index (κ3) is 3.23. The van der Waals surface area contributed by atoms with E-state index in [1.807, 2.05) is 41.8 Å². The Hall–Kier alpha value is -2.67. The first-order valence-electron chi connectivity index (χ1n) is 9.12. The first kappa shape index (κ1) is 17.7. The van der Waals surface area contributed by atoms with Crippen molar-refractivity contribution in [2.75, 3.05) is 13.1 Å². The van der Waals surface area contributed by atoms with Crippen molar-refractivity contribution < 1.29 is 14.4 Å². The molecule has 0 bridgehead atoms. The number of nitrogens with zero attached hydrogens (tertiary/aromatic N) is 1. The maximum absolute atomic E-state index is 13.1. The van der Waals surface area contributed by atoms with Gasteiger partial charge in [0.05, 0.1) is 0 Å². The fourth-order valence-corrected chi connectivity index (χ4v) is 4.64. The van der Waals surface area contributed by atoms with Gasteiger partial charge in [0.1, 0.15) is 12.1 Å². The third-order valence-corrected chi connectivity index (χ3v) is 6.16. The van der Waals surface area contributed by atoms with Crippen LogP contribution in [-0.4, -0.2) is 35.8 Å². The Morgan fingerprint density at radius 1 is 1.22 bits per heavy atom. The van der Waals surface area contributed by atoms with Crippen LogP contribution in [0.15, 0.2) is 41.8 Å². The van der Waals surface area contributed by atoms with Gasteiger partial charge in [0.25, 0.3) is 5.91 Å². The van der Waals surface area contributed by atoms with Crippen molar-refractivity contribution in [3.05, 3.63) is 57.8 Å². The van der Waals surface area contributed by atoms with Gasteiger partial charge in [0.2, 0.25) is 5.91 Å². The Bertz CT molecular complexity index is 880. The highest BCUT2D eigenvalue weighted by Crippen LogP contribution is 2.39. The van der Waals surface area contributed by atoms with E-state index in [0.29, 0.717) is 13.0 Å². The van der Waals surface area contributed by atoms with Crippen LogP contribution in [0.3, 0.4) is 0 Å². The van der Waals surface area contributed by atoms with Gasteiger partial charge in [-0.3, -0.25) is 14.5 Å². The molecular formula is C20H21N3O3S. The van der Waals surface area contributed by atoms with Gasteiger partial charge in [0, 0.05) is 11.4 Å². The second-order valence-electron chi connectivity index (χ2n) is 6.92. The average molecular weight is 383 g/mol. The van der Waals surface area contributed by atoms with E-state index in [0.717, 1.165) is 35.3 Å². The molecule has 27 heavy (non-hydrogen) atoms. The lowest BCUT2D eigenvalue weighted by Gasteiger charge is -2.33. The molecule has 4 amide bonds. The molecule has 7 heteroatoms. The molecule has 2 aliphatic rings. The summed E-state index contributed by atoms with van der Waals surface area (Å²) in [6.07, 6.45) is 3.01. The topological polar surface area (TPSA) is 78.5 Å². The molecule has 1 aliphatic heterocycles. The van der Waals surface area contributed by atoms with Crippen molar-refractivity contribution in [3.63, 3.8) is 0 Å². The average Bonchev–Trinajstić information content (AvgIpc) is 3.26. The summed E-state index contributed by atoms with van der Waals surface area (Å²) in [5.41, 5.74) is 0.915. The first-order chi connectivity index (χ1) is 13.1. The summed E-state index contributed by atoms with van der Waals surface area (Å²) in [5.74, 6) is -0.649. The SMILES string of the molecule is O=C(CN1C(=O)NC2(CCCc3ccccc32)C1=O)NCCc1cccs1. The van der Waals surface area contributed by atoms with Gasteiger partial charge in [-0.25, -0.2) is 4.79 Å². The fraction of sp³-hybridized carbons (Fsp3) is 0.350. The van der Waals surface area contributed by atoms with E-state index < -0.39 is 11.6 Å². The number of imide groups is 1. The minimum absolute atomic E-state index is 0.251. The molecule has 1 atom stereocenters. The number of hydrogen-bond acceptors (Lipinski definition) is 4. The van der Waals surface area contributed by atoms with Crippen LogP contribution in [0.2, 0.25) is 0 Å². The largest absolute Gasteiger partial charge is 0.354 e. The number of carbonyl (C=O) groups is 3. The number of aryl methyl sites for hydroxylation is 1. The number of amides is 4. The van der Waals surface area contributed by atoms with E-state index in [1.54, 1.807) is 11.3 Å². The minimum Gasteiger partial charge on any atom is -0.354 e. The summed E-state index contributed by atoms with van der Waals surface area (Å²) in [6.45, 7) is 0.232. The van der Waals surface area contributed by atoms with Gasteiger partial charge in [-0.1, -0.05) is 30.3 Å².